The Morgan fingerprint density at radius 1 is 1.00 bits per heavy atom. The molecule has 4 heavy (non-hydrogen) atoms. The topological polar surface area (TPSA) is 28.5 Å². The normalized spacial score (nSPS) is 0. The van der Waals surface area contributed by atoms with Crippen LogP contribution in [0.3, 0.4) is 0 Å². The Labute approximate surface area is 101 Å². The second kappa shape index (κ2) is 16.4. The summed E-state index contributed by atoms with van der Waals surface area (Å²) in [7, 11) is 0. The Morgan fingerprint density at radius 2 is 1.00 bits per heavy atom. The molecule has 0 spiro atoms. The van der Waals surface area contributed by atoms with Gasteiger partial charge in [-0.15, -0.1) is 0 Å². The molecule has 0 fully saturated rings. The summed E-state index contributed by atoms with van der Waals surface area (Å²) in [5.41, 5.74) is 0. The molecule has 0 N–H and O–H groups in total. The molecule has 0 atom stereocenters. The zero-order valence-electron chi connectivity index (χ0n) is 1.29. The Bertz CT molecular complexity index is 8.00. The van der Waals surface area contributed by atoms with Gasteiger partial charge in [0, 0.05) is 32.7 Å². The molecule has 0 saturated heterocycles. The van der Waals surface area contributed by atoms with Crippen molar-refractivity contribution in [3.63, 3.8) is 0 Å². The zero-order valence-corrected chi connectivity index (χ0v) is 5.07. The van der Waals surface area contributed by atoms with E-state index in [0.29, 0.717) is 0 Å². The largest absolute Gasteiger partial charge is 2.00 e. The molecule has 2 radical (unpaired) electrons. The van der Waals surface area contributed by atoms with Crippen LogP contribution in [-0.2, 0) is 55.3 Å². The Hall–Kier alpha value is 3.15. The van der Waals surface area contributed by atoms with Crippen molar-refractivity contribution < 1.29 is 55.3 Å². The van der Waals surface area contributed by atoms with Crippen molar-refractivity contribution in [2.24, 2.45) is 0 Å². The summed E-state index contributed by atoms with van der Waals surface area (Å²) in [6.45, 7) is 0. The molecule has 0 bridgehead atoms. The van der Waals surface area contributed by atoms with Gasteiger partial charge in [0.1, 0.15) is 0 Å². The molecule has 24 valence electrons. The van der Waals surface area contributed by atoms with E-state index in [9.17, 15) is 0 Å². The minimum Gasteiger partial charge on any atom is -2.00 e. The molecule has 0 saturated carbocycles. The van der Waals surface area contributed by atoms with Crippen LogP contribution in [0.4, 0.5) is 0 Å². The van der Waals surface area contributed by atoms with Gasteiger partial charge < -0.3 is 5.48 Å². The van der Waals surface area contributed by atoms with Gasteiger partial charge in [-0.1, -0.05) is 0 Å². The van der Waals surface area contributed by atoms with Gasteiger partial charge in [0.2, 0.25) is 0 Å². The Kier molecular flexibility index (Phi) is 112. The first-order chi connectivity index (χ1) is 0. The van der Waals surface area contributed by atoms with Crippen molar-refractivity contribution in [1.29, 1.82) is 0 Å². The minimum absolute atomic E-state index is 0. The van der Waals surface area contributed by atoms with Crippen molar-refractivity contribution in [3.05, 3.63) is 0 Å². The molecule has 0 aliphatic heterocycles. The van der Waals surface area contributed by atoms with Gasteiger partial charge in [-0.3, -0.25) is 0 Å². The molecule has 0 aromatic heterocycles. The van der Waals surface area contributed by atoms with Gasteiger partial charge >= 0.3 is 65.9 Å². The summed E-state index contributed by atoms with van der Waals surface area (Å²) in [5.74, 6) is 0. The van der Waals surface area contributed by atoms with Crippen molar-refractivity contribution in [2.75, 3.05) is 0 Å². The Balaban J connectivity index is 0. The van der Waals surface area contributed by atoms with Gasteiger partial charge in [-0.05, 0) is 0 Å². The van der Waals surface area contributed by atoms with Crippen LogP contribution in [0, 0.1) is 0 Å². The molecule has 0 rings (SSSR count). The Morgan fingerprint density at radius 3 is 1.00 bits per heavy atom. The van der Waals surface area contributed by atoms with E-state index >= 15 is 0 Å². The van der Waals surface area contributed by atoms with Crippen LogP contribution in [-0.4, -0.2) is 48.9 Å². The fraction of sp³-hybridized carbons (Fsp3) is 0. The molecule has 0 unspecified atom stereocenters. The monoisotopic (exact) mass is 308 g/mol. The summed E-state index contributed by atoms with van der Waals surface area (Å²) in [4.78, 5) is 0. The van der Waals surface area contributed by atoms with Crippen LogP contribution < -0.4 is 0 Å². The SMILES string of the molecule is [BaH2].[Cu+2].[O-2].[Y]. The van der Waals surface area contributed by atoms with Crippen LogP contribution in [0.2, 0.25) is 0 Å². The predicted octanol–water partition coefficient (Wildman–Crippen LogP) is -1.04. The van der Waals surface area contributed by atoms with E-state index in [1.54, 1.807) is 0 Å². The van der Waals surface area contributed by atoms with Crippen molar-refractivity contribution >= 4 is 48.9 Å². The van der Waals surface area contributed by atoms with Crippen LogP contribution in [0.1, 0.15) is 0 Å². The smallest absolute Gasteiger partial charge is 2.00 e. The molecule has 0 aliphatic rings. The summed E-state index contributed by atoms with van der Waals surface area (Å²) >= 11 is 0. The third-order valence-electron chi connectivity index (χ3n) is 0. The van der Waals surface area contributed by atoms with Gasteiger partial charge in [-0.25, -0.2) is 0 Å². The van der Waals surface area contributed by atoms with Crippen molar-refractivity contribution in [2.45, 2.75) is 0 Å². The summed E-state index contributed by atoms with van der Waals surface area (Å²) in [6.07, 6.45) is 0. The number of hydrogen-bond donors (Lipinski definition) is 0. The zero-order chi connectivity index (χ0) is 0. The fourth-order valence-corrected chi connectivity index (χ4v) is 0. The van der Waals surface area contributed by atoms with Gasteiger partial charge in [-0.2, -0.15) is 0 Å². The summed E-state index contributed by atoms with van der Waals surface area (Å²) < 4.78 is 0. The molecule has 0 amide bonds. The first-order valence-corrected chi connectivity index (χ1v) is 0. The molecule has 0 aliphatic carbocycles. The van der Waals surface area contributed by atoms with E-state index in [4.69, 9.17) is 0 Å². The molecule has 1 nitrogen and oxygen atoms in total. The number of hydrogen-bond acceptors (Lipinski definition) is 0. The molecular formula is H2BaCuOY. The van der Waals surface area contributed by atoms with Crippen LogP contribution in [0.25, 0.3) is 0 Å². The minimum atomic E-state index is 0. The maximum atomic E-state index is 0. The third-order valence-corrected chi connectivity index (χ3v) is 0. The van der Waals surface area contributed by atoms with Crippen LogP contribution >= 0.6 is 0 Å². The average Bonchev–Trinajstić information content (AvgIpc) is 0. The van der Waals surface area contributed by atoms with Crippen LogP contribution in [0.15, 0.2) is 0 Å². The third kappa shape index (κ3) is 8.94. The first kappa shape index (κ1) is 27.2. The molecule has 0 heterocycles. The van der Waals surface area contributed by atoms with Crippen LogP contribution in [0.5, 0.6) is 0 Å². The molecule has 0 aromatic rings. The maximum Gasteiger partial charge on any atom is 2.00 e. The molecule has 4 heteroatoms. The predicted molar refractivity (Wildman–Crippen MR) is 9.23 cm³/mol. The van der Waals surface area contributed by atoms with Crippen molar-refractivity contribution in [1.82, 2.24) is 0 Å². The van der Waals surface area contributed by atoms with E-state index in [2.05, 4.69) is 0 Å². The van der Waals surface area contributed by atoms with E-state index in [1.807, 2.05) is 0 Å². The summed E-state index contributed by atoms with van der Waals surface area (Å²) in [6, 6.07) is 0. The number of rotatable bonds is 0. The molecular weight excluding hydrogens is 306 g/mol. The van der Waals surface area contributed by atoms with E-state index in [1.165, 1.54) is 0 Å². The average molecular weight is 308 g/mol. The first-order valence-electron chi connectivity index (χ1n) is 0. The second-order valence-electron chi connectivity index (χ2n) is 0. The van der Waals surface area contributed by atoms with E-state index < -0.39 is 0 Å². The fourth-order valence-electron chi connectivity index (χ4n) is 0. The quantitative estimate of drug-likeness (QED) is 0.512. The summed E-state index contributed by atoms with van der Waals surface area (Å²) in [5, 5.41) is 0. The second-order valence-corrected chi connectivity index (χ2v) is 0. The standard InChI is InChI=1S/Ba.Cu.O.Y.2H/q;+2;-2;;;. The van der Waals surface area contributed by atoms with Gasteiger partial charge in [0.15, 0.2) is 0 Å². The van der Waals surface area contributed by atoms with E-state index in [0.717, 1.165) is 0 Å². The van der Waals surface area contributed by atoms with Crippen molar-refractivity contribution in [3.8, 4) is 0 Å². The van der Waals surface area contributed by atoms with Gasteiger partial charge in [0.05, 0.1) is 0 Å². The molecule has 0 aromatic carbocycles. The maximum absolute atomic E-state index is 0. The van der Waals surface area contributed by atoms with E-state index in [-0.39, 0.29) is 104 Å². The van der Waals surface area contributed by atoms with Gasteiger partial charge in [0.25, 0.3) is 0 Å².